The van der Waals surface area contributed by atoms with Crippen molar-refractivity contribution in [3.05, 3.63) is 11.4 Å². The second-order valence-electron chi connectivity index (χ2n) is 2.56. The Labute approximate surface area is 74.0 Å². The first-order valence-electron chi connectivity index (χ1n) is 3.58. The van der Waals surface area contributed by atoms with Gasteiger partial charge in [0, 0.05) is 6.92 Å². The van der Waals surface area contributed by atoms with Crippen LogP contribution in [0.1, 0.15) is 23.1 Å². The van der Waals surface area contributed by atoms with Crippen LogP contribution in [0.3, 0.4) is 0 Å². The standard InChI is InChI=1S/C7H9N3O3/c1-3-5(8-4(2)11)6(7(12)13)10-9-3/h1-2H3,(H,8,11)(H,9,10)(H,12,13). The first-order chi connectivity index (χ1) is 6.02. The van der Waals surface area contributed by atoms with Gasteiger partial charge >= 0.3 is 5.97 Å². The lowest BCUT2D eigenvalue weighted by Crippen LogP contribution is -2.10. The normalized spacial score (nSPS) is 9.69. The summed E-state index contributed by atoms with van der Waals surface area (Å²) < 4.78 is 0. The second-order valence-corrected chi connectivity index (χ2v) is 2.56. The molecule has 0 saturated heterocycles. The molecule has 0 bridgehead atoms. The van der Waals surface area contributed by atoms with Crippen LogP contribution in [0, 0.1) is 6.92 Å². The number of H-pyrrole nitrogens is 1. The molecule has 0 unspecified atom stereocenters. The molecule has 1 aromatic heterocycles. The molecule has 1 amide bonds. The van der Waals surface area contributed by atoms with Gasteiger partial charge < -0.3 is 10.4 Å². The summed E-state index contributed by atoms with van der Waals surface area (Å²) in [7, 11) is 0. The zero-order valence-corrected chi connectivity index (χ0v) is 7.21. The number of carboxylic acid groups (broad SMARTS) is 1. The average Bonchev–Trinajstić information content (AvgIpc) is 2.32. The van der Waals surface area contributed by atoms with E-state index >= 15 is 0 Å². The summed E-state index contributed by atoms with van der Waals surface area (Å²) in [5.74, 6) is -1.50. The number of amides is 1. The van der Waals surface area contributed by atoms with Crippen molar-refractivity contribution < 1.29 is 14.7 Å². The predicted molar refractivity (Wildman–Crippen MR) is 44.6 cm³/mol. The van der Waals surface area contributed by atoms with E-state index < -0.39 is 5.97 Å². The van der Waals surface area contributed by atoms with E-state index in [4.69, 9.17) is 5.11 Å². The van der Waals surface area contributed by atoms with Crippen LogP contribution in [-0.4, -0.2) is 27.2 Å². The highest BCUT2D eigenvalue weighted by molar-refractivity contribution is 5.99. The number of aromatic amines is 1. The maximum atomic E-state index is 10.7. The Morgan fingerprint density at radius 1 is 1.54 bits per heavy atom. The molecule has 1 heterocycles. The number of aromatic carboxylic acids is 1. The van der Waals surface area contributed by atoms with Crippen LogP contribution in [-0.2, 0) is 4.79 Å². The van der Waals surface area contributed by atoms with Crippen molar-refractivity contribution in [3.63, 3.8) is 0 Å². The van der Waals surface area contributed by atoms with Gasteiger partial charge in [-0.3, -0.25) is 9.89 Å². The molecule has 1 rings (SSSR count). The number of hydrogen-bond donors (Lipinski definition) is 3. The molecule has 3 N–H and O–H groups in total. The molecule has 6 heteroatoms. The molecule has 0 radical (unpaired) electrons. The number of nitrogens with one attached hydrogen (secondary N) is 2. The topological polar surface area (TPSA) is 95.1 Å². The molecular formula is C7H9N3O3. The van der Waals surface area contributed by atoms with Crippen LogP contribution in [0.2, 0.25) is 0 Å². The molecule has 0 aliphatic rings. The fraction of sp³-hybridized carbons (Fsp3) is 0.286. The summed E-state index contributed by atoms with van der Waals surface area (Å²) in [5.41, 5.74) is 0.570. The minimum atomic E-state index is -1.17. The smallest absolute Gasteiger partial charge is 0.358 e. The van der Waals surface area contributed by atoms with E-state index in [2.05, 4.69) is 15.5 Å². The lowest BCUT2D eigenvalue weighted by atomic mass is 10.3. The third-order valence-electron chi connectivity index (χ3n) is 1.45. The zero-order chi connectivity index (χ0) is 10.0. The number of aryl methyl sites for hydroxylation is 1. The maximum absolute atomic E-state index is 10.7. The van der Waals surface area contributed by atoms with E-state index in [-0.39, 0.29) is 17.3 Å². The van der Waals surface area contributed by atoms with Crippen LogP contribution in [0.4, 0.5) is 5.69 Å². The van der Waals surface area contributed by atoms with Gasteiger partial charge in [-0.25, -0.2) is 4.79 Å². The quantitative estimate of drug-likeness (QED) is 0.617. The van der Waals surface area contributed by atoms with Crippen LogP contribution in [0.15, 0.2) is 0 Å². The predicted octanol–water partition coefficient (Wildman–Crippen LogP) is 0.375. The number of aromatic nitrogens is 2. The number of nitrogens with zero attached hydrogens (tertiary/aromatic N) is 1. The van der Waals surface area contributed by atoms with Crippen molar-refractivity contribution in [2.24, 2.45) is 0 Å². The van der Waals surface area contributed by atoms with Crippen molar-refractivity contribution in [1.82, 2.24) is 10.2 Å². The van der Waals surface area contributed by atoms with Gasteiger partial charge in [0.1, 0.15) is 0 Å². The van der Waals surface area contributed by atoms with E-state index in [1.807, 2.05) is 0 Å². The summed E-state index contributed by atoms with van der Waals surface area (Å²) >= 11 is 0. The molecule has 0 spiro atoms. The van der Waals surface area contributed by atoms with E-state index in [1.54, 1.807) is 6.92 Å². The maximum Gasteiger partial charge on any atom is 0.358 e. The van der Waals surface area contributed by atoms with Crippen LogP contribution in [0.5, 0.6) is 0 Å². The van der Waals surface area contributed by atoms with Gasteiger partial charge in [0.15, 0.2) is 5.69 Å². The Balaban J connectivity index is 3.08. The van der Waals surface area contributed by atoms with Crippen molar-refractivity contribution in [3.8, 4) is 0 Å². The lowest BCUT2D eigenvalue weighted by Gasteiger charge is -1.99. The highest BCUT2D eigenvalue weighted by atomic mass is 16.4. The van der Waals surface area contributed by atoms with Gasteiger partial charge in [-0.1, -0.05) is 0 Å². The van der Waals surface area contributed by atoms with Gasteiger partial charge in [-0.05, 0) is 6.92 Å². The van der Waals surface area contributed by atoms with Gasteiger partial charge in [0.05, 0.1) is 11.4 Å². The Kier molecular flexibility index (Phi) is 2.32. The van der Waals surface area contributed by atoms with E-state index in [0.29, 0.717) is 5.69 Å². The number of rotatable bonds is 2. The highest BCUT2D eigenvalue weighted by Crippen LogP contribution is 2.16. The SMILES string of the molecule is CC(=O)Nc1c(C(=O)O)n[nH]c1C. The number of carbonyl (C=O) groups excluding carboxylic acids is 1. The average molecular weight is 183 g/mol. The Morgan fingerprint density at radius 2 is 2.15 bits per heavy atom. The Hall–Kier alpha value is -1.85. The van der Waals surface area contributed by atoms with Crippen molar-refractivity contribution >= 4 is 17.6 Å². The highest BCUT2D eigenvalue weighted by Gasteiger charge is 2.16. The molecule has 0 aliphatic heterocycles. The second kappa shape index (κ2) is 3.26. The van der Waals surface area contributed by atoms with Gasteiger partial charge in [-0.15, -0.1) is 0 Å². The van der Waals surface area contributed by atoms with Crippen LogP contribution >= 0.6 is 0 Å². The Morgan fingerprint density at radius 3 is 2.62 bits per heavy atom. The van der Waals surface area contributed by atoms with Crippen molar-refractivity contribution in [1.29, 1.82) is 0 Å². The molecule has 0 atom stereocenters. The van der Waals surface area contributed by atoms with E-state index in [9.17, 15) is 9.59 Å². The number of carboxylic acids is 1. The summed E-state index contributed by atoms with van der Waals surface area (Å²) in [6.45, 7) is 2.93. The molecule has 13 heavy (non-hydrogen) atoms. The first-order valence-corrected chi connectivity index (χ1v) is 3.58. The monoisotopic (exact) mass is 183 g/mol. The van der Waals surface area contributed by atoms with Crippen LogP contribution < -0.4 is 5.32 Å². The summed E-state index contributed by atoms with van der Waals surface area (Å²) in [6, 6.07) is 0. The van der Waals surface area contributed by atoms with Crippen molar-refractivity contribution in [2.45, 2.75) is 13.8 Å². The zero-order valence-electron chi connectivity index (χ0n) is 7.21. The summed E-state index contributed by atoms with van der Waals surface area (Å²) in [5, 5.41) is 17.1. The summed E-state index contributed by atoms with van der Waals surface area (Å²) in [6.07, 6.45) is 0. The lowest BCUT2D eigenvalue weighted by molar-refractivity contribution is -0.114. The molecule has 0 saturated carbocycles. The van der Waals surface area contributed by atoms with E-state index in [1.165, 1.54) is 6.92 Å². The number of hydrogen-bond acceptors (Lipinski definition) is 3. The third-order valence-corrected chi connectivity index (χ3v) is 1.45. The number of carbonyl (C=O) groups is 2. The molecule has 0 fully saturated rings. The van der Waals surface area contributed by atoms with E-state index in [0.717, 1.165) is 0 Å². The van der Waals surface area contributed by atoms with Crippen molar-refractivity contribution in [2.75, 3.05) is 5.32 Å². The first kappa shape index (κ1) is 9.24. The fourth-order valence-electron chi connectivity index (χ4n) is 0.913. The third kappa shape index (κ3) is 1.84. The largest absolute Gasteiger partial charge is 0.476 e. The molecular weight excluding hydrogens is 174 g/mol. The molecule has 6 nitrogen and oxygen atoms in total. The molecule has 1 aromatic rings. The summed E-state index contributed by atoms with van der Waals surface area (Å²) in [4.78, 5) is 21.3. The number of anilines is 1. The van der Waals surface area contributed by atoms with Gasteiger partial charge in [0.2, 0.25) is 5.91 Å². The minimum absolute atomic E-state index is 0.173. The van der Waals surface area contributed by atoms with Gasteiger partial charge in [-0.2, -0.15) is 5.10 Å². The van der Waals surface area contributed by atoms with Gasteiger partial charge in [0.25, 0.3) is 0 Å². The molecule has 0 aliphatic carbocycles. The minimum Gasteiger partial charge on any atom is -0.476 e. The van der Waals surface area contributed by atoms with Crippen LogP contribution in [0.25, 0.3) is 0 Å². The Bertz CT molecular complexity index is 356. The molecule has 0 aromatic carbocycles. The fourth-order valence-corrected chi connectivity index (χ4v) is 0.913. The molecule has 70 valence electrons.